The first kappa shape index (κ1) is 35.7. The minimum atomic E-state index is -4.82. The van der Waals surface area contributed by atoms with Crippen LogP contribution in [0.1, 0.15) is 42.5 Å². The van der Waals surface area contributed by atoms with Gasteiger partial charge in [0.1, 0.15) is 28.6 Å². The van der Waals surface area contributed by atoms with Gasteiger partial charge in [0, 0.05) is 54.8 Å². The van der Waals surface area contributed by atoms with Crippen LogP contribution in [0.25, 0.3) is 5.76 Å². The van der Waals surface area contributed by atoms with E-state index >= 15 is 0 Å². The summed E-state index contributed by atoms with van der Waals surface area (Å²) in [5, 5.41) is 50.0. The second-order valence-corrected chi connectivity index (χ2v) is 13.9. The number of likely N-dealkylation sites (N-methyl/N-ethyl adjacent to an activating group) is 1. The fourth-order valence-electron chi connectivity index (χ4n) is 8.11. The zero-order chi connectivity index (χ0) is 36.6. The van der Waals surface area contributed by atoms with Crippen LogP contribution in [0, 0.1) is 10.8 Å². The average Bonchev–Trinajstić information content (AvgIpc) is 2.95. The predicted molar refractivity (Wildman–Crippen MR) is 171 cm³/mol. The van der Waals surface area contributed by atoms with Crippen LogP contribution in [0.5, 0.6) is 11.5 Å². The van der Waals surface area contributed by atoms with Crippen molar-refractivity contribution in [2.45, 2.75) is 57.8 Å². The van der Waals surface area contributed by atoms with Gasteiger partial charge in [-0.05, 0) is 56.3 Å². The summed E-state index contributed by atoms with van der Waals surface area (Å²) in [4.78, 5) is 43.7. The summed E-state index contributed by atoms with van der Waals surface area (Å²) < 4.78 is 41.4. The molecule has 5 rings (SSSR count). The number of carbonyl (C=O) groups excluding carboxylic acids is 3. The molecule has 0 bridgehead atoms. The molecule has 1 saturated carbocycles. The number of alkyl halides is 3. The Kier molecular flexibility index (Phi) is 8.58. The number of phenolic OH excluding ortho intramolecular Hbond substituents is 1. The number of carbonyl (C=O) groups is 3. The molecule has 4 atom stereocenters. The van der Waals surface area contributed by atoms with Crippen LogP contribution in [-0.4, -0.2) is 89.0 Å². The summed E-state index contributed by atoms with van der Waals surface area (Å²) in [7, 11) is 6.59. The molecule has 2 aromatic rings. The van der Waals surface area contributed by atoms with Gasteiger partial charge in [-0.3, -0.25) is 19.3 Å². The Hall–Kier alpha value is -4.60. The fraction of sp³-hybridized carbons (Fsp3) is 0.441. The van der Waals surface area contributed by atoms with Gasteiger partial charge in [0.15, 0.2) is 11.4 Å². The number of aliphatic hydroxyl groups is 3. The third-order valence-electron chi connectivity index (χ3n) is 9.97. The molecule has 2 aromatic carbocycles. The van der Waals surface area contributed by atoms with Crippen molar-refractivity contribution in [1.82, 2.24) is 10.2 Å². The Morgan fingerprint density at radius 1 is 1.06 bits per heavy atom. The van der Waals surface area contributed by atoms with Crippen LogP contribution < -0.4 is 20.7 Å². The maximum atomic E-state index is 14.5. The van der Waals surface area contributed by atoms with E-state index in [1.807, 2.05) is 0 Å². The molecule has 1 fully saturated rings. The second kappa shape index (κ2) is 11.8. The number of fused-ring (bicyclic) bond motifs is 3. The van der Waals surface area contributed by atoms with Gasteiger partial charge in [0.2, 0.25) is 5.78 Å². The smallest absolute Gasteiger partial charge is 0.508 e. The number of nitrogens with zero attached hydrogens (tertiary/aromatic N) is 2. The van der Waals surface area contributed by atoms with E-state index in [-0.39, 0.29) is 48.6 Å². The highest BCUT2D eigenvalue weighted by atomic mass is 19.4. The largest absolute Gasteiger partial charge is 0.573 e. The minimum Gasteiger partial charge on any atom is -0.508 e. The summed E-state index contributed by atoms with van der Waals surface area (Å²) in [5.41, 5.74) is 0.503. The highest BCUT2D eigenvalue weighted by molar-refractivity contribution is 6.25. The Labute approximate surface area is 280 Å². The molecule has 15 heteroatoms. The number of anilines is 1. The van der Waals surface area contributed by atoms with Crippen LogP contribution in [0.2, 0.25) is 0 Å². The average molecular weight is 689 g/mol. The summed E-state index contributed by atoms with van der Waals surface area (Å²) in [5.74, 6) is -5.84. The van der Waals surface area contributed by atoms with Gasteiger partial charge in [-0.1, -0.05) is 26.0 Å². The van der Waals surface area contributed by atoms with Gasteiger partial charge in [-0.2, -0.15) is 0 Å². The number of aliphatic hydroxyl groups excluding tert-OH is 2. The molecule has 264 valence electrons. The van der Waals surface area contributed by atoms with Crippen molar-refractivity contribution in [3.8, 4) is 11.5 Å². The van der Waals surface area contributed by atoms with Crippen LogP contribution in [0.3, 0.4) is 0 Å². The second-order valence-electron chi connectivity index (χ2n) is 13.9. The number of hydrogen-bond donors (Lipinski definition) is 6. The van der Waals surface area contributed by atoms with E-state index in [1.54, 1.807) is 32.0 Å². The summed E-state index contributed by atoms with van der Waals surface area (Å²) in [6.07, 6.45) is -4.84. The molecule has 1 amide bonds. The lowest BCUT2D eigenvalue weighted by molar-refractivity contribution is -0.274. The van der Waals surface area contributed by atoms with E-state index in [2.05, 4.69) is 10.1 Å². The molecule has 3 aliphatic rings. The molecule has 0 aromatic heterocycles. The van der Waals surface area contributed by atoms with E-state index in [9.17, 15) is 48.0 Å². The quantitative estimate of drug-likeness (QED) is 0.224. The Morgan fingerprint density at radius 2 is 1.67 bits per heavy atom. The lowest BCUT2D eigenvalue weighted by Crippen LogP contribution is -2.72. The first-order valence-electron chi connectivity index (χ1n) is 15.3. The van der Waals surface area contributed by atoms with Crippen LogP contribution in [0.4, 0.5) is 18.9 Å². The lowest BCUT2D eigenvalue weighted by atomic mass is 9.46. The molecule has 3 aliphatic carbocycles. The summed E-state index contributed by atoms with van der Waals surface area (Å²) in [6.45, 7) is 3.40. The van der Waals surface area contributed by atoms with Gasteiger partial charge in [-0.25, -0.2) is 0 Å². The van der Waals surface area contributed by atoms with E-state index in [0.29, 0.717) is 22.4 Å². The number of Topliss-reactive ketones (excluding diaryl/α,β-unsaturated/α-hetero) is 2. The van der Waals surface area contributed by atoms with Crippen LogP contribution in [0.15, 0.2) is 47.2 Å². The zero-order valence-electron chi connectivity index (χ0n) is 27.8. The maximum Gasteiger partial charge on any atom is 0.573 e. The zero-order valence-corrected chi connectivity index (χ0v) is 27.8. The lowest BCUT2D eigenvalue weighted by Gasteiger charge is -2.59. The number of benzene rings is 2. The van der Waals surface area contributed by atoms with Crippen LogP contribution >= 0.6 is 0 Å². The van der Waals surface area contributed by atoms with Crippen molar-refractivity contribution in [2.24, 2.45) is 16.6 Å². The first-order valence-corrected chi connectivity index (χ1v) is 15.3. The molecular formula is C34H39F3N4O8. The molecule has 0 unspecified atom stereocenters. The Bertz CT molecular complexity index is 1820. The van der Waals surface area contributed by atoms with Crippen molar-refractivity contribution < 1.29 is 52.7 Å². The van der Waals surface area contributed by atoms with E-state index in [4.69, 9.17) is 5.73 Å². The number of amides is 1. The molecule has 0 saturated heterocycles. The van der Waals surface area contributed by atoms with Crippen molar-refractivity contribution in [2.75, 3.05) is 33.1 Å². The molecule has 12 nitrogen and oxygen atoms in total. The van der Waals surface area contributed by atoms with Gasteiger partial charge in [-0.15, -0.1) is 13.2 Å². The fourth-order valence-corrected chi connectivity index (χ4v) is 8.11. The maximum absolute atomic E-state index is 14.5. The highest BCUT2D eigenvalue weighted by Crippen LogP contribution is 2.63. The number of aromatic hydroxyl groups is 1. The minimum absolute atomic E-state index is 0.0364. The van der Waals surface area contributed by atoms with Crippen LogP contribution in [-0.2, 0) is 33.9 Å². The van der Waals surface area contributed by atoms with Crippen molar-refractivity contribution in [3.05, 3.63) is 69.5 Å². The molecular weight excluding hydrogens is 649 g/mol. The number of halogens is 3. The number of nitrogens with one attached hydrogen (secondary N) is 1. The highest BCUT2D eigenvalue weighted by Gasteiger charge is 2.72. The Morgan fingerprint density at radius 3 is 2.20 bits per heavy atom. The summed E-state index contributed by atoms with van der Waals surface area (Å²) in [6, 6.07) is 5.70. The van der Waals surface area contributed by atoms with Crippen molar-refractivity contribution in [1.29, 1.82) is 0 Å². The molecule has 0 spiro atoms. The number of nitrogens with two attached hydrogens (primary N) is 1. The molecule has 7 N–H and O–H groups in total. The first-order chi connectivity index (χ1) is 22.6. The standard InChI is InChI=1S/C34H39F3N4O8/c1-31-12-19-20(40(3)4)11-17(14-39-13-16-7-9-18(10-8-16)49-34(35,36)37)24(42)21(19)25(43)23(31)29(46)33(48)28(45)22(30(38)47)26(44)27(41(5)6)32(33,2)15-31/h7-11,27,39,42-43,45,48H,12-15H2,1-6H3,(H2,38,47)/t27-,31+,32+,33-/m1/s1. The number of phenols is 1. The van der Waals surface area contributed by atoms with Gasteiger partial charge in [0.25, 0.3) is 5.91 Å². The SMILES string of the molecule is CN(C)c1cc(CNCc2ccc(OC(F)(F)F)cc2)c(O)c2c1C[C@@]1(C)C[C@@]3(C)[C@H](N(C)C)C(=O)C(C(N)=O)=C(O)[C@@]3(O)C(=O)C1=C2O. The number of hydrogen-bond acceptors (Lipinski definition) is 11. The van der Waals surface area contributed by atoms with Crippen molar-refractivity contribution >= 4 is 28.9 Å². The molecule has 0 radical (unpaired) electrons. The van der Waals surface area contributed by atoms with E-state index in [0.717, 1.165) is 0 Å². The third-order valence-corrected chi connectivity index (χ3v) is 9.97. The molecule has 49 heavy (non-hydrogen) atoms. The Balaban J connectivity index is 1.59. The number of ketones is 2. The predicted octanol–water partition coefficient (Wildman–Crippen LogP) is 3.00. The number of primary amides is 1. The summed E-state index contributed by atoms with van der Waals surface area (Å²) >= 11 is 0. The monoisotopic (exact) mass is 688 g/mol. The molecule has 0 heterocycles. The third kappa shape index (κ3) is 5.49. The normalized spacial score (nSPS) is 26.8. The van der Waals surface area contributed by atoms with Crippen molar-refractivity contribution in [3.63, 3.8) is 0 Å². The van der Waals surface area contributed by atoms with Gasteiger partial charge in [0.05, 0.1) is 11.6 Å². The van der Waals surface area contributed by atoms with E-state index < -0.39 is 63.4 Å². The topological polar surface area (TPSA) is 186 Å². The number of ether oxygens (including phenoxy) is 1. The molecule has 0 aliphatic heterocycles. The number of rotatable bonds is 8. The van der Waals surface area contributed by atoms with Gasteiger partial charge < -0.3 is 41.1 Å². The van der Waals surface area contributed by atoms with Gasteiger partial charge >= 0.3 is 6.36 Å². The van der Waals surface area contributed by atoms with E-state index in [1.165, 1.54) is 50.2 Å².